The van der Waals surface area contributed by atoms with Gasteiger partial charge < -0.3 is 22.5 Å². The van der Waals surface area contributed by atoms with Crippen LogP contribution in [0.15, 0.2) is 60.7 Å². The Kier molecular flexibility index (Phi) is 8.87. The van der Waals surface area contributed by atoms with Gasteiger partial charge in [-0.1, -0.05) is 72.4 Å². The fourth-order valence-electron chi connectivity index (χ4n) is 1.73. The Bertz CT molecular complexity index is 553. The topological polar surface area (TPSA) is 63.9 Å². The summed E-state index contributed by atoms with van der Waals surface area (Å²) in [6, 6.07) is 19.6. The second kappa shape index (κ2) is 10.7. The summed E-state index contributed by atoms with van der Waals surface area (Å²) in [4.78, 5) is 11.6. The van der Waals surface area contributed by atoms with Crippen molar-refractivity contribution in [2.24, 2.45) is 0 Å². The Morgan fingerprint density at radius 3 is 2.17 bits per heavy atom. The first-order chi connectivity index (χ1) is 10.7. The molecule has 0 spiro atoms. The first kappa shape index (κ1) is 19.1. The minimum absolute atomic E-state index is 0. The van der Waals surface area contributed by atoms with Crippen LogP contribution in [-0.2, 0) is 17.1 Å². The van der Waals surface area contributed by atoms with E-state index in [0.29, 0.717) is 11.6 Å². The normalized spacial score (nSPS) is 9.57. The minimum atomic E-state index is -0.466. The van der Waals surface area contributed by atoms with Crippen LogP contribution in [0.1, 0.15) is 11.1 Å². The van der Waals surface area contributed by atoms with Crippen molar-refractivity contribution in [3.8, 4) is 0 Å². The van der Waals surface area contributed by atoms with Gasteiger partial charge in [0.2, 0.25) is 5.04 Å². The highest BCUT2D eigenvalue weighted by Gasteiger charge is 2.08. The Labute approximate surface area is 146 Å². The molecule has 0 saturated carbocycles. The van der Waals surface area contributed by atoms with Gasteiger partial charge in [0.1, 0.15) is 13.2 Å². The molecule has 0 radical (unpaired) electrons. The number of ether oxygens (including phenoxy) is 1. The van der Waals surface area contributed by atoms with E-state index in [2.05, 4.69) is 5.32 Å². The fourth-order valence-corrected chi connectivity index (χ4v) is 2.45. The van der Waals surface area contributed by atoms with E-state index >= 15 is 0 Å². The fraction of sp³-hybridized carbons (Fsp3) is 0.176. The largest absolute Gasteiger partial charge is 1.00 e. The van der Waals surface area contributed by atoms with E-state index in [0.717, 1.165) is 11.3 Å². The molecular weight excluding hydrogens is 332 g/mol. The number of benzene rings is 2. The molecule has 4 nitrogen and oxygen atoms in total. The number of hydrogen-bond donors (Lipinski definition) is 2. The molecule has 0 saturated heterocycles. The number of nitrogens with one attached hydrogen (secondary N) is 1. The number of nitrogens with two attached hydrogens (primary N) is 1. The zero-order valence-electron chi connectivity index (χ0n) is 12.6. The van der Waals surface area contributed by atoms with Crippen LogP contribution in [0, 0.1) is 0 Å². The summed E-state index contributed by atoms with van der Waals surface area (Å²) in [5.41, 5.74) is 2.15. The third kappa shape index (κ3) is 7.72. The molecule has 0 atom stereocenters. The maximum Gasteiger partial charge on any atom is 0.407 e. The van der Waals surface area contributed by atoms with Gasteiger partial charge in [-0.15, -0.1) is 0 Å². The molecule has 122 valence electrons. The molecule has 2 aromatic rings. The van der Waals surface area contributed by atoms with Crippen molar-refractivity contribution in [1.29, 1.82) is 0 Å². The molecular formula is C17H19ClN2O2S. The van der Waals surface area contributed by atoms with Gasteiger partial charge in [0.05, 0.1) is 0 Å². The number of carbonyl (C=O) groups is 1. The van der Waals surface area contributed by atoms with Crippen LogP contribution in [0.4, 0.5) is 4.79 Å². The Morgan fingerprint density at radius 1 is 1.00 bits per heavy atom. The molecule has 1 amide bonds. The summed E-state index contributed by atoms with van der Waals surface area (Å²) in [5.74, 6) is 0.785. The van der Waals surface area contributed by atoms with Crippen molar-refractivity contribution in [2.75, 3.05) is 6.54 Å². The molecule has 0 aliphatic heterocycles. The van der Waals surface area contributed by atoms with Crippen LogP contribution in [0.25, 0.3) is 0 Å². The summed E-state index contributed by atoms with van der Waals surface area (Å²) in [7, 11) is 0. The monoisotopic (exact) mass is 350 g/mol. The zero-order chi connectivity index (χ0) is 15.6. The molecule has 6 heteroatoms. The smallest absolute Gasteiger partial charge is 0.407 e. The first-order valence-corrected chi connectivity index (χ1v) is 7.95. The van der Waals surface area contributed by atoms with Gasteiger partial charge >= 0.3 is 6.09 Å². The van der Waals surface area contributed by atoms with Crippen LogP contribution in [0.2, 0.25) is 0 Å². The number of alkyl carbamates (subject to hydrolysis) is 1. The number of amides is 1. The molecule has 3 N–H and O–H groups in total. The van der Waals surface area contributed by atoms with Crippen LogP contribution in [-0.4, -0.2) is 17.7 Å². The lowest BCUT2D eigenvalue weighted by Gasteiger charge is -2.06. The van der Waals surface area contributed by atoms with E-state index < -0.39 is 6.09 Å². The summed E-state index contributed by atoms with van der Waals surface area (Å²) in [5, 5.41) is 9.18. The highest BCUT2D eigenvalue weighted by Crippen LogP contribution is 2.11. The minimum Gasteiger partial charge on any atom is -1.00 e. The molecule has 23 heavy (non-hydrogen) atoms. The third-order valence-corrected chi connectivity index (χ3v) is 3.88. The van der Waals surface area contributed by atoms with E-state index in [9.17, 15) is 4.79 Å². The van der Waals surface area contributed by atoms with Crippen LogP contribution >= 0.6 is 11.8 Å². The van der Waals surface area contributed by atoms with Crippen molar-refractivity contribution in [3.05, 3.63) is 71.8 Å². The third-order valence-electron chi connectivity index (χ3n) is 2.89. The average Bonchev–Trinajstić information content (AvgIpc) is 2.58. The second-order valence-electron chi connectivity index (χ2n) is 4.66. The Balaban J connectivity index is 0.00000264. The van der Waals surface area contributed by atoms with Crippen molar-refractivity contribution < 1.29 is 27.3 Å². The number of hydrogen-bond acceptors (Lipinski definition) is 3. The van der Waals surface area contributed by atoms with Crippen LogP contribution < -0.4 is 23.1 Å². The molecule has 0 aliphatic carbocycles. The lowest BCUT2D eigenvalue weighted by atomic mass is 10.2. The van der Waals surface area contributed by atoms with E-state index in [4.69, 9.17) is 10.1 Å². The summed E-state index contributed by atoms with van der Waals surface area (Å²) in [6.45, 7) is 0.550. The predicted molar refractivity (Wildman–Crippen MR) is 89.3 cm³/mol. The van der Waals surface area contributed by atoms with E-state index in [-0.39, 0.29) is 19.0 Å². The number of carbonyl (C=O) groups excluding carboxylic acids is 1. The van der Waals surface area contributed by atoms with Crippen molar-refractivity contribution in [3.63, 3.8) is 0 Å². The Morgan fingerprint density at radius 2 is 1.57 bits per heavy atom. The molecule has 0 fully saturated rings. The van der Waals surface area contributed by atoms with Gasteiger partial charge in [-0.25, -0.2) is 4.79 Å². The highest BCUT2D eigenvalue weighted by molar-refractivity contribution is 8.13. The lowest BCUT2D eigenvalue weighted by molar-refractivity contribution is -0.110. The molecule has 0 aliphatic rings. The van der Waals surface area contributed by atoms with Gasteiger partial charge in [-0.3, -0.25) is 5.41 Å². The average molecular weight is 351 g/mol. The molecule has 0 heterocycles. The standard InChI is InChI=1S/C17H18N2O2S.ClH/c18-16(22-13-15-9-5-2-6-10-15)11-19-17(20)21-12-14-7-3-1-4-8-14;/h1-10,18H,11-13H2,(H,19,20);1H. The number of halogens is 1. The quantitative estimate of drug-likeness (QED) is 0.519. The summed E-state index contributed by atoms with van der Waals surface area (Å²) in [6.07, 6.45) is -0.466. The van der Waals surface area contributed by atoms with Gasteiger partial charge in [0, 0.05) is 5.75 Å². The SMILES string of the molecule is [Cl-].[NH2+]=C(CNC(=O)OCc1ccccc1)SCc1ccccc1. The summed E-state index contributed by atoms with van der Waals surface area (Å²) < 4.78 is 5.11. The van der Waals surface area contributed by atoms with E-state index in [1.54, 1.807) is 0 Å². The Hall–Kier alpha value is -1.98. The second-order valence-corrected chi connectivity index (χ2v) is 5.76. The zero-order valence-corrected chi connectivity index (χ0v) is 14.1. The maximum atomic E-state index is 11.6. The van der Waals surface area contributed by atoms with E-state index in [1.807, 2.05) is 60.7 Å². The van der Waals surface area contributed by atoms with E-state index in [1.165, 1.54) is 17.3 Å². The van der Waals surface area contributed by atoms with Gasteiger partial charge in [0.25, 0.3) is 0 Å². The molecule has 2 aromatic carbocycles. The van der Waals surface area contributed by atoms with Crippen molar-refractivity contribution >= 4 is 22.9 Å². The van der Waals surface area contributed by atoms with Gasteiger partial charge in [-0.2, -0.15) is 0 Å². The molecule has 2 rings (SSSR count). The van der Waals surface area contributed by atoms with Crippen molar-refractivity contribution in [1.82, 2.24) is 5.32 Å². The summed E-state index contributed by atoms with van der Waals surface area (Å²) >= 11 is 1.51. The number of rotatable bonds is 6. The molecule has 0 bridgehead atoms. The van der Waals surface area contributed by atoms with Gasteiger partial charge in [-0.05, 0) is 11.1 Å². The maximum absolute atomic E-state index is 11.6. The number of thioether (sulfide) groups is 1. The lowest BCUT2D eigenvalue weighted by Crippen LogP contribution is -3.00. The van der Waals surface area contributed by atoms with Crippen LogP contribution in [0.3, 0.4) is 0 Å². The predicted octanol–water partition coefficient (Wildman–Crippen LogP) is -0.992. The van der Waals surface area contributed by atoms with Crippen LogP contribution in [0.5, 0.6) is 0 Å². The first-order valence-electron chi connectivity index (χ1n) is 6.96. The van der Waals surface area contributed by atoms with Gasteiger partial charge in [0.15, 0.2) is 0 Å². The van der Waals surface area contributed by atoms with Crippen molar-refractivity contribution in [2.45, 2.75) is 12.4 Å². The molecule has 0 unspecified atom stereocenters. The molecule has 0 aromatic heterocycles. The highest BCUT2D eigenvalue weighted by atomic mass is 35.5.